The van der Waals surface area contributed by atoms with E-state index in [1.807, 2.05) is 28.5 Å². The number of benzene rings is 1. The second kappa shape index (κ2) is 11.1. The number of amides is 3. The van der Waals surface area contributed by atoms with E-state index in [2.05, 4.69) is 15.3 Å². The molecule has 1 fully saturated rings. The van der Waals surface area contributed by atoms with Gasteiger partial charge in [0.1, 0.15) is 0 Å². The smallest absolute Gasteiger partial charge is 0.259 e. The highest BCUT2D eigenvalue weighted by Gasteiger charge is 2.26. The summed E-state index contributed by atoms with van der Waals surface area (Å²) >= 11 is 0. The van der Waals surface area contributed by atoms with Crippen LogP contribution in [0.2, 0.25) is 0 Å². The predicted octanol–water partition coefficient (Wildman–Crippen LogP) is 3.74. The fourth-order valence-electron chi connectivity index (χ4n) is 4.79. The summed E-state index contributed by atoms with van der Waals surface area (Å²) in [5.41, 5.74) is 7.68. The Hall–Kier alpha value is -3.75. The molecule has 0 aliphatic heterocycles. The summed E-state index contributed by atoms with van der Waals surface area (Å²) in [7, 11) is 0. The molecule has 35 heavy (non-hydrogen) atoms. The molecule has 1 aliphatic carbocycles. The number of imidazole rings is 1. The van der Waals surface area contributed by atoms with E-state index in [-0.39, 0.29) is 30.2 Å². The number of rotatable bonds is 9. The first-order valence-corrected chi connectivity index (χ1v) is 12.3. The molecular formula is C26H32N6O3. The first-order chi connectivity index (χ1) is 17.0. The Balaban J connectivity index is 1.64. The second-order valence-corrected chi connectivity index (χ2v) is 8.94. The lowest BCUT2D eigenvalue weighted by atomic mass is 9.93. The van der Waals surface area contributed by atoms with Crippen molar-refractivity contribution in [2.24, 2.45) is 5.73 Å². The summed E-state index contributed by atoms with van der Waals surface area (Å²) in [6.45, 7) is 3.12. The summed E-state index contributed by atoms with van der Waals surface area (Å²) < 4.78 is 1.85. The molecule has 0 spiro atoms. The maximum Gasteiger partial charge on any atom is 0.259 e. The van der Waals surface area contributed by atoms with Gasteiger partial charge in [0.15, 0.2) is 0 Å². The van der Waals surface area contributed by atoms with Gasteiger partial charge in [0.2, 0.25) is 11.9 Å². The van der Waals surface area contributed by atoms with Crippen LogP contribution < -0.4 is 11.1 Å². The van der Waals surface area contributed by atoms with Gasteiger partial charge < -0.3 is 15.2 Å². The van der Waals surface area contributed by atoms with Gasteiger partial charge in [0.05, 0.1) is 16.6 Å². The number of hydrogen-bond donors (Lipinski definition) is 2. The van der Waals surface area contributed by atoms with Crippen molar-refractivity contribution in [2.75, 3.05) is 11.9 Å². The predicted molar refractivity (Wildman–Crippen MR) is 134 cm³/mol. The Morgan fingerprint density at radius 1 is 1.14 bits per heavy atom. The molecule has 0 radical (unpaired) electrons. The number of fused-ring (bicyclic) bond motifs is 1. The number of carbonyl (C=O) groups is 3. The molecule has 3 amide bonds. The van der Waals surface area contributed by atoms with E-state index in [9.17, 15) is 14.4 Å². The van der Waals surface area contributed by atoms with E-state index in [0.29, 0.717) is 42.1 Å². The summed E-state index contributed by atoms with van der Waals surface area (Å²) in [6, 6.07) is 9.09. The first-order valence-electron chi connectivity index (χ1n) is 12.3. The zero-order valence-electron chi connectivity index (χ0n) is 20.1. The van der Waals surface area contributed by atoms with Crippen molar-refractivity contribution in [1.29, 1.82) is 0 Å². The Bertz CT molecular complexity index is 1200. The van der Waals surface area contributed by atoms with Crippen LogP contribution in [-0.4, -0.2) is 49.7 Å². The van der Waals surface area contributed by atoms with Crippen molar-refractivity contribution in [3.63, 3.8) is 0 Å². The topological polar surface area (TPSA) is 123 Å². The van der Waals surface area contributed by atoms with Crippen LogP contribution in [0.15, 0.2) is 42.7 Å². The van der Waals surface area contributed by atoms with Gasteiger partial charge >= 0.3 is 0 Å². The summed E-state index contributed by atoms with van der Waals surface area (Å²) in [5.74, 6) is -0.367. The monoisotopic (exact) mass is 476 g/mol. The molecule has 3 N–H and O–H groups in total. The SMILES string of the molecule is CCN(C(=O)c1ccc2c(c1)nc(NC(=O)c1cccnc1)n2CCCC(N)=O)C1CCCCC1. The van der Waals surface area contributed by atoms with Crippen LogP contribution in [0.3, 0.4) is 0 Å². The van der Waals surface area contributed by atoms with Crippen molar-refractivity contribution < 1.29 is 14.4 Å². The van der Waals surface area contributed by atoms with Gasteiger partial charge in [-0.1, -0.05) is 19.3 Å². The molecule has 1 aromatic carbocycles. The number of hydrogen-bond acceptors (Lipinski definition) is 5. The van der Waals surface area contributed by atoms with Gasteiger partial charge in [0.25, 0.3) is 11.8 Å². The molecule has 9 heteroatoms. The van der Waals surface area contributed by atoms with E-state index in [1.165, 1.54) is 12.6 Å². The quantitative estimate of drug-likeness (QED) is 0.487. The minimum absolute atomic E-state index is 0.00511. The number of nitrogens with zero attached hydrogens (tertiary/aromatic N) is 4. The van der Waals surface area contributed by atoms with Crippen molar-refractivity contribution in [3.8, 4) is 0 Å². The number of pyridine rings is 1. The molecule has 2 heterocycles. The molecule has 4 rings (SSSR count). The number of primary amides is 1. The molecule has 9 nitrogen and oxygen atoms in total. The zero-order chi connectivity index (χ0) is 24.8. The third kappa shape index (κ3) is 5.67. The van der Waals surface area contributed by atoms with Crippen LogP contribution in [-0.2, 0) is 11.3 Å². The Morgan fingerprint density at radius 2 is 1.94 bits per heavy atom. The third-order valence-corrected chi connectivity index (χ3v) is 6.57. The van der Waals surface area contributed by atoms with Crippen LogP contribution in [0.25, 0.3) is 11.0 Å². The van der Waals surface area contributed by atoms with Crippen molar-refractivity contribution in [3.05, 3.63) is 53.9 Å². The van der Waals surface area contributed by atoms with Crippen molar-refractivity contribution in [2.45, 2.75) is 64.5 Å². The van der Waals surface area contributed by atoms with Crippen molar-refractivity contribution in [1.82, 2.24) is 19.4 Å². The van der Waals surface area contributed by atoms with Gasteiger partial charge in [-0.15, -0.1) is 0 Å². The average Bonchev–Trinajstić information content (AvgIpc) is 3.21. The van der Waals surface area contributed by atoms with Gasteiger partial charge in [-0.25, -0.2) is 4.98 Å². The van der Waals surface area contributed by atoms with Crippen LogP contribution in [0.1, 0.15) is 72.6 Å². The highest BCUT2D eigenvalue weighted by Crippen LogP contribution is 2.26. The first kappa shape index (κ1) is 24.4. The van der Waals surface area contributed by atoms with Crippen LogP contribution in [0.4, 0.5) is 5.95 Å². The molecule has 1 saturated carbocycles. The fourth-order valence-corrected chi connectivity index (χ4v) is 4.79. The molecule has 0 bridgehead atoms. The maximum absolute atomic E-state index is 13.4. The Morgan fingerprint density at radius 3 is 2.63 bits per heavy atom. The van der Waals surface area contributed by atoms with E-state index >= 15 is 0 Å². The van der Waals surface area contributed by atoms with Gasteiger partial charge in [-0.3, -0.25) is 24.7 Å². The second-order valence-electron chi connectivity index (χ2n) is 8.94. The minimum Gasteiger partial charge on any atom is -0.370 e. The average molecular weight is 477 g/mol. The molecule has 0 unspecified atom stereocenters. The zero-order valence-corrected chi connectivity index (χ0v) is 20.1. The van der Waals surface area contributed by atoms with Gasteiger partial charge in [-0.2, -0.15) is 0 Å². The summed E-state index contributed by atoms with van der Waals surface area (Å²) in [4.78, 5) is 48.0. The van der Waals surface area contributed by atoms with E-state index < -0.39 is 0 Å². The molecule has 0 saturated heterocycles. The highest BCUT2D eigenvalue weighted by molar-refractivity contribution is 6.04. The van der Waals surface area contributed by atoms with E-state index in [1.54, 1.807) is 24.4 Å². The number of aromatic nitrogens is 3. The maximum atomic E-state index is 13.4. The number of carbonyl (C=O) groups excluding carboxylic acids is 3. The summed E-state index contributed by atoms with van der Waals surface area (Å²) in [5, 5.41) is 2.85. The Kier molecular flexibility index (Phi) is 7.74. The molecule has 184 valence electrons. The van der Waals surface area contributed by atoms with Gasteiger partial charge in [0, 0.05) is 43.5 Å². The molecular weight excluding hydrogens is 444 g/mol. The standard InChI is InChI=1S/C26H32N6O3/c1-2-31(20-9-4-3-5-10-20)25(35)18-12-13-22-21(16-18)29-26(32(22)15-7-11-23(27)33)30-24(34)19-8-6-14-28-17-19/h6,8,12-14,16-17,20H,2-5,7,9-11,15H2,1H3,(H2,27,33)(H,29,30,34). The Labute approximate surface area is 204 Å². The van der Waals surface area contributed by atoms with Crippen molar-refractivity contribution >= 4 is 34.7 Å². The largest absolute Gasteiger partial charge is 0.370 e. The highest BCUT2D eigenvalue weighted by atomic mass is 16.2. The number of aryl methyl sites for hydroxylation is 1. The molecule has 2 aromatic heterocycles. The lowest BCUT2D eigenvalue weighted by Gasteiger charge is -2.33. The summed E-state index contributed by atoms with van der Waals surface area (Å²) in [6.07, 6.45) is 9.43. The van der Waals surface area contributed by atoms with E-state index in [4.69, 9.17) is 5.73 Å². The van der Waals surface area contributed by atoms with Crippen LogP contribution in [0.5, 0.6) is 0 Å². The normalized spacial score (nSPS) is 14.1. The molecule has 3 aromatic rings. The van der Waals surface area contributed by atoms with Crippen LogP contribution in [0, 0.1) is 0 Å². The lowest BCUT2D eigenvalue weighted by Crippen LogP contribution is -2.41. The fraction of sp³-hybridized carbons (Fsp3) is 0.423. The number of nitrogens with two attached hydrogens (primary N) is 1. The molecule has 0 atom stereocenters. The van der Waals surface area contributed by atoms with Gasteiger partial charge in [-0.05, 0) is 56.5 Å². The van der Waals surface area contributed by atoms with Crippen LogP contribution >= 0.6 is 0 Å². The van der Waals surface area contributed by atoms with E-state index in [0.717, 1.165) is 31.2 Å². The molecule has 1 aliphatic rings. The number of nitrogens with one attached hydrogen (secondary N) is 1. The minimum atomic E-state index is -0.384. The number of anilines is 1. The third-order valence-electron chi connectivity index (χ3n) is 6.57. The lowest BCUT2D eigenvalue weighted by molar-refractivity contribution is -0.118.